The minimum atomic E-state index is -0.597. The third-order valence-electron chi connectivity index (χ3n) is 6.26. The fraction of sp³-hybridized carbons (Fsp3) is 0.360. The molecule has 2 aromatic rings. The number of fused-ring (bicyclic) bond motifs is 1. The number of benzene rings is 2. The van der Waals surface area contributed by atoms with E-state index in [1.54, 1.807) is 35.2 Å². The molecule has 33 heavy (non-hydrogen) atoms. The second-order valence-corrected chi connectivity index (χ2v) is 8.53. The lowest BCUT2D eigenvalue weighted by atomic mass is 9.98. The van der Waals surface area contributed by atoms with E-state index in [-0.39, 0.29) is 24.1 Å². The topological polar surface area (TPSA) is 122 Å². The van der Waals surface area contributed by atoms with Gasteiger partial charge in [-0.3, -0.25) is 24.5 Å². The Hall–Kier alpha value is -3.68. The van der Waals surface area contributed by atoms with Crippen LogP contribution in [-0.4, -0.2) is 41.1 Å². The summed E-state index contributed by atoms with van der Waals surface area (Å²) in [7, 11) is 0. The van der Waals surface area contributed by atoms with Gasteiger partial charge in [0.1, 0.15) is 6.04 Å². The summed E-state index contributed by atoms with van der Waals surface area (Å²) in [5.41, 5.74) is 9.60. The number of anilines is 1. The predicted molar refractivity (Wildman–Crippen MR) is 123 cm³/mol. The number of nitrogens with one attached hydrogen (secondary N) is 2. The lowest BCUT2D eigenvalue weighted by Gasteiger charge is -2.29. The highest BCUT2D eigenvalue weighted by molar-refractivity contribution is 6.05. The molecule has 0 aliphatic carbocycles. The lowest BCUT2D eigenvalue weighted by Crippen LogP contribution is -2.52. The van der Waals surface area contributed by atoms with Gasteiger partial charge in [0.15, 0.2) is 0 Å². The maximum absolute atomic E-state index is 12.9. The molecule has 0 spiro atoms. The van der Waals surface area contributed by atoms with Crippen LogP contribution in [0.1, 0.15) is 63.9 Å². The Labute approximate surface area is 192 Å². The normalized spacial score (nSPS) is 17.6. The molecule has 1 atom stereocenters. The van der Waals surface area contributed by atoms with Gasteiger partial charge in [-0.1, -0.05) is 18.6 Å². The Morgan fingerprint density at radius 1 is 1.06 bits per heavy atom. The zero-order valence-electron chi connectivity index (χ0n) is 18.4. The van der Waals surface area contributed by atoms with Gasteiger partial charge < -0.3 is 16.0 Å². The summed E-state index contributed by atoms with van der Waals surface area (Å²) in [6.45, 7) is 0.992. The third-order valence-corrected chi connectivity index (χ3v) is 6.26. The molecule has 4 rings (SSSR count). The monoisotopic (exact) mass is 448 g/mol. The van der Waals surface area contributed by atoms with Crippen molar-refractivity contribution in [2.45, 2.75) is 51.1 Å². The minimum Gasteiger partial charge on any atom is -0.399 e. The number of nitrogens with zero attached hydrogens (tertiary/aromatic N) is 1. The SMILES string of the molecule is Nc1ccc(C(=O)NCCCCCc2cccc3c2CN(C2CCC(=O)NC2=O)C3=O)cc1. The Kier molecular flexibility index (Phi) is 6.72. The zero-order chi connectivity index (χ0) is 23.4. The number of hydrogen-bond donors (Lipinski definition) is 3. The van der Waals surface area contributed by atoms with Crippen molar-refractivity contribution in [3.05, 3.63) is 64.7 Å². The van der Waals surface area contributed by atoms with E-state index in [1.165, 1.54) is 0 Å². The first kappa shape index (κ1) is 22.5. The Bertz CT molecular complexity index is 1080. The average Bonchev–Trinajstić information content (AvgIpc) is 3.13. The number of carbonyl (C=O) groups excluding carboxylic acids is 4. The largest absolute Gasteiger partial charge is 0.399 e. The molecule has 2 aliphatic heterocycles. The summed E-state index contributed by atoms with van der Waals surface area (Å²) in [5.74, 6) is -0.935. The van der Waals surface area contributed by atoms with Gasteiger partial charge in [0.2, 0.25) is 11.8 Å². The summed E-state index contributed by atoms with van der Waals surface area (Å²) in [5, 5.41) is 5.26. The molecule has 0 saturated carbocycles. The molecule has 0 aromatic heterocycles. The summed E-state index contributed by atoms with van der Waals surface area (Å²) in [4.78, 5) is 50.3. The molecular formula is C25H28N4O4. The molecule has 4 N–H and O–H groups in total. The first-order valence-electron chi connectivity index (χ1n) is 11.3. The van der Waals surface area contributed by atoms with Crippen molar-refractivity contribution in [2.24, 2.45) is 0 Å². The summed E-state index contributed by atoms with van der Waals surface area (Å²) < 4.78 is 0. The molecule has 2 aliphatic rings. The van der Waals surface area contributed by atoms with Crippen LogP contribution in [0.4, 0.5) is 5.69 Å². The van der Waals surface area contributed by atoms with Gasteiger partial charge in [-0.05, 0) is 67.1 Å². The summed E-state index contributed by atoms with van der Waals surface area (Å²) in [6.07, 6.45) is 4.17. The molecule has 1 unspecified atom stereocenters. The van der Waals surface area contributed by atoms with Gasteiger partial charge in [0.05, 0.1) is 0 Å². The van der Waals surface area contributed by atoms with E-state index in [0.29, 0.717) is 36.3 Å². The number of aryl methyl sites for hydroxylation is 1. The second kappa shape index (κ2) is 9.85. The van der Waals surface area contributed by atoms with Crippen LogP contribution in [0.5, 0.6) is 0 Å². The van der Waals surface area contributed by atoms with E-state index in [4.69, 9.17) is 5.73 Å². The molecule has 8 nitrogen and oxygen atoms in total. The number of hydrogen-bond acceptors (Lipinski definition) is 5. The average molecular weight is 449 g/mol. The van der Waals surface area contributed by atoms with Crippen molar-refractivity contribution in [3.63, 3.8) is 0 Å². The predicted octanol–water partition coefficient (Wildman–Crippen LogP) is 2.17. The van der Waals surface area contributed by atoms with Gasteiger partial charge in [-0.2, -0.15) is 0 Å². The lowest BCUT2D eigenvalue weighted by molar-refractivity contribution is -0.136. The number of rotatable bonds is 8. The van der Waals surface area contributed by atoms with Gasteiger partial charge in [-0.15, -0.1) is 0 Å². The van der Waals surface area contributed by atoms with E-state index < -0.39 is 11.9 Å². The van der Waals surface area contributed by atoms with Crippen LogP contribution in [0.15, 0.2) is 42.5 Å². The second-order valence-electron chi connectivity index (χ2n) is 8.53. The van der Waals surface area contributed by atoms with Crippen molar-refractivity contribution >= 4 is 29.3 Å². The fourth-order valence-electron chi connectivity index (χ4n) is 4.44. The van der Waals surface area contributed by atoms with Crippen LogP contribution >= 0.6 is 0 Å². The number of carbonyl (C=O) groups is 4. The van der Waals surface area contributed by atoms with E-state index in [2.05, 4.69) is 10.6 Å². The van der Waals surface area contributed by atoms with E-state index in [1.807, 2.05) is 12.1 Å². The van der Waals surface area contributed by atoms with E-state index in [9.17, 15) is 19.2 Å². The van der Waals surface area contributed by atoms with Crippen LogP contribution in [0.2, 0.25) is 0 Å². The van der Waals surface area contributed by atoms with Gasteiger partial charge in [0.25, 0.3) is 11.8 Å². The van der Waals surface area contributed by atoms with Gasteiger partial charge in [-0.25, -0.2) is 0 Å². The van der Waals surface area contributed by atoms with Gasteiger partial charge >= 0.3 is 0 Å². The summed E-state index contributed by atoms with van der Waals surface area (Å²) >= 11 is 0. The first-order chi connectivity index (χ1) is 15.9. The number of imide groups is 1. The van der Waals surface area contributed by atoms with Crippen molar-refractivity contribution in [2.75, 3.05) is 12.3 Å². The number of nitrogens with two attached hydrogens (primary N) is 1. The van der Waals surface area contributed by atoms with E-state index in [0.717, 1.165) is 36.8 Å². The van der Waals surface area contributed by atoms with Crippen LogP contribution in [0.3, 0.4) is 0 Å². The number of nitrogen functional groups attached to an aromatic ring is 1. The van der Waals surface area contributed by atoms with Crippen molar-refractivity contribution in [3.8, 4) is 0 Å². The molecule has 2 heterocycles. The highest BCUT2D eigenvalue weighted by atomic mass is 16.2. The van der Waals surface area contributed by atoms with Crippen LogP contribution in [-0.2, 0) is 22.6 Å². The molecule has 2 aromatic carbocycles. The minimum absolute atomic E-state index is 0.108. The van der Waals surface area contributed by atoms with Crippen molar-refractivity contribution < 1.29 is 19.2 Å². The fourth-order valence-corrected chi connectivity index (χ4v) is 4.44. The summed E-state index contributed by atoms with van der Waals surface area (Å²) in [6, 6.07) is 12.0. The quantitative estimate of drug-likeness (QED) is 0.325. The highest BCUT2D eigenvalue weighted by Gasteiger charge is 2.39. The smallest absolute Gasteiger partial charge is 0.255 e. The molecule has 1 fully saturated rings. The molecule has 0 bridgehead atoms. The highest BCUT2D eigenvalue weighted by Crippen LogP contribution is 2.30. The van der Waals surface area contributed by atoms with Crippen molar-refractivity contribution in [1.29, 1.82) is 0 Å². The maximum atomic E-state index is 12.9. The number of piperidine rings is 1. The van der Waals surface area contributed by atoms with E-state index >= 15 is 0 Å². The maximum Gasteiger partial charge on any atom is 0.255 e. The zero-order valence-corrected chi connectivity index (χ0v) is 18.4. The van der Waals surface area contributed by atoms with Crippen molar-refractivity contribution in [1.82, 2.24) is 15.5 Å². The van der Waals surface area contributed by atoms with Gasteiger partial charge in [0, 0.05) is 36.3 Å². The standard InChI is InChI=1S/C25H28N4O4/c26-18-10-8-17(9-11-18)23(31)27-14-3-1-2-5-16-6-4-7-19-20(16)15-29(25(19)33)21-12-13-22(30)28-24(21)32/h4,6-11,21H,1-3,5,12-15,26H2,(H,27,31)(H,28,30,32). The third kappa shape index (κ3) is 5.05. The molecule has 1 saturated heterocycles. The molecule has 172 valence electrons. The first-order valence-corrected chi connectivity index (χ1v) is 11.3. The Balaban J connectivity index is 1.26. The number of unbranched alkanes of at least 4 members (excludes halogenated alkanes) is 2. The number of amides is 4. The molecule has 4 amide bonds. The Morgan fingerprint density at radius 2 is 1.85 bits per heavy atom. The Morgan fingerprint density at radius 3 is 2.61 bits per heavy atom. The van der Waals surface area contributed by atoms with Crippen LogP contribution < -0.4 is 16.4 Å². The molecule has 8 heteroatoms. The van der Waals surface area contributed by atoms with Crippen LogP contribution in [0, 0.1) is 0 Å². The van der Waals surface area contributed by atoms with Crippen LogP contribution in [0.25, 0.3) is 0 Å². The molecular weight excluding hydrogens is 420 g/mol. The molecule has 0 radical (unpaired) electrons.